The van der Waals surface area contributed by atoms with Crippen molar-refractivity contribution in [2.75, 3.05) is 5.75 Å². The zero-order valence-electron chi connectivity index (χ0n) is 7.09. The van der Waals surface area contributed by atoms with Gasteiger partial charge in [-0.15, -0.1) is 0 Å². The molecule has 0 saturated heterocycles. The average molecular weight is 233 g/mol. The molecule has 0 aromatic heterocycles. The van der Waals surface area contributed by atoms with Crippen LogP contribution in [0.5, 0.6) is 0 Å². The molecule has 9 heteroatoms. The molecule has 0 rings (SSSR count). The summed E-state index contributed by atoms with van der Waals surface area (Å²) in [6.45, 7) is 2.37. The lowest BCUT2D eigenvalue weighted by molar-refractivity contribution is 0.192. The van der Waals surface area contributed by atoms with E-state index < -0.39 is 25.6 Å². The van der Waals surface area contributed by atoms with Crippen LogP contribution in [0.4, 0.5) is 0 Å². The van der Waals surface area contributed by atoms with Crippen molar-refractivity contribution in [2.45, 2.75) is 19.2 Å². The summed E-state index contributed by atoms with van der Waals surface area (Å²) in [5.74, 6) is -0.293. The minimum Gasteiger partial charge on any atom is -0.284 e. The van der Waals surface area contributed by atoms with E-state index in [1.165, 1.54) is 6.92 Å². The van der Waals surface area contributed by atoms with E-state index in [9.17, 15) is 16.8 Å². The fourth-order valence-electron chi connectivity index (χ4n) is 0.261. The van der Waals surface area contributed by atoms with E-state index in [0.29, 0.717) is 0 Å². The molecule has 7 nitrogen and oxygen atoms in total. The average Bonchev–Trinajstić information content (AvgIpc) is 1.98. The Labute approximate surface area is 76.9 Å². The molecule has 80 valence electrons. The van der Waals surface area contributed by atoms with Gasteiger partial charge in [0.05, 0.1) is 5.75 Å². The number of hydroxylamine groups is 1. The van der Waals surface area contributed by atoms with Gasteiger partial charge in [0, 0.05) is 0 Å². The van der Waals surface area contributed by atoms with Gasteiger partial charge in [0.15, 0.2) is 5.37 Å². The van der Waals surface area contributed by atoms with Gasteiger partial charge in [-0.1, -0.05) is 0 Å². The van der Waals surface area contributed by atoms with E-state index >= 15 is 0 Å². The quantitative estimate of drug-likeness (QED) is 0.467. The lowest BCUT2D eigenvalue weighted by atomic mass is 10.8. The largest absolute Gasteiger partial charge is 0.284 e. The smallest absolute Gasteiger partial charge is 0.283 e. The van der Waals surface area contributed by atoms with Gasteiger partial charge in [-0.25, -0.2) is 0 Å². The maximum atomic E-state index is 10.7. The maximum Gasteiger partial charge on any atom is 0.283 e. The Morgan fingerprint density at radius 1 is 1.38 bits per heavy atom. The molecule has 0 fully saturated rings. The van der Waals surface area contributed by atoms with Crippen LogP contribution < -0.4 is 5.48 Å². The summed E-state index contributed by atoms with van der Waals surface area (Å²) < 4.78 is 54.5. The normalized spacial score (nSPS) is 15.6. The highest BCUT2D eigenvalue weighted by Crippen LogP contribution is 1.95. The van der Waals surface area contributed by atoms with Gasteiger partial charge < -0.3 is 0 Å². The van der Waals surface area contributed by atoms with E-state index in [2.05, 4.69) is 4.28 Å². The van der Waals surface area contributed by atoms with Gasteiger partial charge in [0.25, 0.3) is 20.2 Å². The van der Waals surface area contributed by atoms with Crippen LogP contribution in [-0.4, -0.2) is 32.5 Å². The van der Waals surface area contributed by atoms with E-state index in [1.54, 1.807) is 5.48 Å². The molecule has 0 heterocycles. The molecule has 0 aliphatic heterocycles. The van der Waals surface area contributed by atoms with Crippen molar-refractivity contribution in [3.05, 3.63) is 0 Å². The summed E-state index contributed by atoms with van der Waals surface area (Å²) >= 11 is 0. The first-order valence-corrected chi connectivity index (χ1v) is 6.40. The number of hydrogen-bond donors (Lipinski definition) is 2. The molecule has 0 aliphatic rings. The second kappa shape index (κ2) is 4.33. The Morgan fingerprint density at radius 3 is 2.15 bits per heavy atom. The summed E-state index contributed by atoms with van der Waals surface area (Å²) in [4.78, 5) is 0. The fourth-order valence-corrected chi connectivity index (χ4v) is 0.900. The van der Waals surface area contributed by atoms with Crippen LogP contribution in [0.2, 0.25) is 0 Å². The molecule has 0 aliphatic carbocycles. The first kappa shape index (κ1) is 12.8. The molecule has 0 bridgehead atoms. The van der Waals surface area contributed by atoms with Gasteiger partial charge in [-0.2, -0.15) is 26.6 Å². The van der Waals surface area contributed by atoms with E-state index in [-0.39, 0.29) is 5.75 Å². The lowest BCUT2D eigenvalue weighted by Gasteiger charge is -2.09. The molecule has 0 aromatic carbocycles. The van der Waals surface area contributed by atoms with Crippen molar-refractivity contribution in [1.82, 2.24) is 5.48 Å². The summed E-state index contributed by atoms with van der Waals surface area (Å²) in [5.41, 5.74) is 1.69. The third-order valence-corrected chi connectivity index (χ3v) is 3.19. The summed E-state index contributed by atoms with van der Waals surface area (Å²) in [6.07, 6.45) is 0. The lowest BCUT2D eigenvalue weighted by Crippen LogP contribution is -2.35. The Hall–Kier alpha value is -0.220. The highest BCUT2D eigenvalue weighted by Gasteiger charge is 2.19. The topological polar surface area (TPSA) is 110 Å². The Morgan fingerprint density at radius 2 is 1.85 bits per heavy atom. The molecular formula is C4H11NO6S2. The second-order valence-corrected chi connectivity index (χ2v) is 5.80. The van der Waals surface area contributed by atoms with Crippen molar-refractivity contribution in [1.29, 1.82) is 0 Å². The highest BCUT2D eigenvalue weighted by atomic mass is 32.2. The number of hydrogen-bond acceptors (Lipinski definition) is 6. The fraction of sp³-hybridized carbons (Fsp3) is 1.00. The standard InChI is InChI=1S/C4H11NO6S2/c1-3-12(6,7)11-5-4(2)13(8,9)10/h4-5H,3H2,1-2H3,(H,8,9,10). The molecule has 0 radical (unpaired) electrons. The van der Waals surface area contributed by atoms with E-state index in [1.807, 2.05) is 0 Å². The van der Waals surface area contributed by atoms with Crippen molar-refractivity contribution in [2.24, 2.45) is 0 Å². The monoisotopic (exact) mass is 233 g/mol. The Balaban J connectivity index is 4.22. The van der Waals surface area contributed by atoms with Crippen molar-refractivity contribution in [3.63, 3.8) is 0 Å². The van der Waals surface area contributed by atoms with Crippen LogP contribution in [0.3, 0.4) is 0 Å². The zero-order chi connectivity index (χ0) is 10.7. The first-order chi connectivity index (χ1) is 5.69. The number of rotatable bonds is 5. The summed E-state index contributed by atoms with van der Waals surface area (Å²) in [5, 5.41) is -1.49. The van der Waals surface area contributed by atoms with Crippen LogP contribution in [-0.2, 0) is 24.5 Å². The van der Waals surface area contributed by atoms with Crippen LogP contribution >= 0.6 is 0 Å². The molecular weight excluding hydrogens is 222 g/mol. The van der Waals surface area contributed by atoms with E-state index in [0.717, 1.165) is 6.92 Å². The van der Waals surface area contributed by atoms with Gasteiger partial charge in [-0.3, -0.25) is 4.55 Å². The van der Waals surface area contributed by atoms with Crippen LogP contribution in [0.25, 0.3) is 0 Å². The van der Waals surface area contributed by atoms with Crippen LogP contribution in [0.15, 0.2) is 0 Å². The minimum atomic E-state index is -4.33. The molecule has 1 atom stereocenters. The van der Waals surface area contributed by atoms with Crippen LogP contribution in [0.1, 0.15) is 13.8 Å². The minimum absolute atomic E-state index is 0.293. The molecule has 0 saturated carbocycles. The summed E-state index contributed by atoms with van der Waals surface area (Å²) in [7, 11) is -8.10. The first-order valence-electron chi connectivity index (χ1n) is 3.32. The molecule has 0 aromatic rings. The molecule has 1 unspecified atom stereocenters. The predicted molar refractivity (Wildman–Crippen MR) is 44.7 cm³/mol. The predicted octanol–water partition coefficient (Wildman–Crippen LogP) is -0.909. The van der Waals surface area contributed by atoms with Gasteiger partial charge >= 0.3 is 0 Å². The van der Waals surface area contributed by atoms with Crippen molar-refractivity contribution in [3.8, 4) is 0 Å². The molecule has 2 N–H and O–H groups in total. The SMILES string of the molecule is CCS(=O)(=O)ONC(C)S(=O)(=O)O. The number of nitrogens with one attached hydrogen (secondary N) is 1. The zero-order valence-corrected chi connectivity index (χ0v) is 8.72. The van der Waals surface area contributed by atoms with Crippen molar-refractivity contribution < 1.29 is 25.7 Å². The Kier molecular flexibility index (Phi) is 4.26. The van der Waals surface area contributed by atoms with E-state index in [4.69, 9.17) is 4.55 Å². The third kappa shape index (κ3) is 5.16. The molecule has 0 amide bonds. The third-order valence-electron chi connectivity index (χ3n) is 1.14. The highest BCUT2D eigenvalue weighted by molar-refractivity contribution is 7.87. The Bertz CT molecular complexity index is 343. The summed E-state index contributed by atoms with van der Waals surface area (Å²) in [6, 6.07) is 0. The van der Waals surface area contributed by atoms with Crippen LogP contribution in [0, 0.1) is 0 Å². The molecule has 13 heavy (non-hydrogen) atoms. The second-order valence-electron chi connectivity index (χ2n) is 2.20. The maximum absolute atomic E-state index is 10.7. The van der Waals surface area contributed by atoms with Gasteiger partial charge in [0.1, 0.15) is 0 Å². The molecule has 0 spiro atoms. The van der Waals surface area contributed by atoms with Crippen molar-refractivity contribution >= 4 is 20.2 Å². The van der Waals surface area contributed by atoms with Gasteiger partial charge in [-0.05, 0) is 13.8 Å². The van der Waals surface area contributed by atoms with Gasteiger partial charge in [0.2, 0.25) is 0 Å².